The van der Waals surface area contributed by atoms with E-state index in [0.717, 1.165) is 11.1 Å². The van der Waals surface area contributed by atoms with Crippen molar-refractivity contribution in [3.05, 3.63) is 87.9 Å². The smallest absolute Gasteiger partial charge is 0.343 e. The molecule has 3 aromatic carbocycles. The van der Waals surface area contributed by atoms with Crippen LogP contribution in [-0.4, -0.2) is 31.3 Å². The Labute approximate surface area is 216 Å². The van der Waals surface area contributed by atoms with Gasteiger partial charge in [0.1, 0.15) is 5.75 Å². The second-order valence-electron chi connectivity index (χ2n) is 8.31. The Kier molecular flexibility index (Phi) is 9.47. The molecular weight excluding hydrogens is 480 g/mol. The SMILES string of the molecule is CCOc1cc(C=NNC(=O)COc2cc(C)ccc2C(C)C)ccc1OC(=O)c1ccc(Cl)cc1. The number of ether oxygens (including phenoxy) is 3. The quantitative estimate of drug-likeness (QED) is 0.159. The van der Waals surface area contributed by atoms with Crippen LogP contribution in [0.3, 0.4) is 0 Å². The Balaban J connectivity index is 1.61. The lowest BCUT2D eigenvalue weighted by atomic mass is 10.0. The van der Waals surface area contributed by atoms with Crippen LogP contribution in [0, 0.1) is 6.92 Å². The molecule has 0 radical (unpaired) electrons. The predicted octanol–water partition coefficient (Wildman–Crippen LogP) is 5.92. The van der Waals surface area contributed by atoms with Crippen molar-refractivity contribution >= 4 is 29.7 Å². The van der Waals surface area contributed by atoms with Crippen LogP contribution in [0.1, 0.15) is 53.7 Å². The van der Waals surface area contributed by atoms with E-state index in [1.165, 1.54) is 6.21 Å². The van der Waals surface area contributed by atoms with Gasteiger partial charge in [0.15, 0.2) is 18.1 Å². The number of halogens is 1. The summed E-state index contributed by atoms with van der Waals surface area (Å²) in [7, 11) is 0. The molecule has 0 bridgehead atoms. The summed E-state index contributed by atoms with van der Waals surface area (Å²) in [6, 6.07) is 17.3. The largest absolute Gasteiger partial charge is 0.490 e. The second kappa shape index (κ2) is 12.7. The van der Waals surface area contributed by atoms with Crippen molar-refractivity contribution in [2.24, 2.45) is 5.10 Å². The van der Waals surface area contributed by atoms with E-state index in [0.29, 0.717) is 34.3 Å². The van der Waals surface area contributed by atoms with Crippen LogP contribution in [0.25, 0.3) is 0 Å². The Morgan fingerprint density at radius 1 is 0.972 bits per heavy atom. The highest BCUT2D eigenvalue weighted by atomic mass is 35.5. The normalized spacial score (nSPS) is 10.9. The molecule has 0 aromatic heterocycles. The monoisotopic (exact) mass is 508 g/mol. The highest BCUT2D eigenvalue weighted by Crippen LogP contribution is 2.29. The number of hydrogen-bond acceptors (Lipinski definition) is 6. The van der Waals surface area contributed by atoms with Gasteiger partial charge in [0, 0.05) is 5.02 Å². The number of amides is 1. The van der Waals surface area contributed by atoms with Gasteiger partial charge in [-0.05, 0) is 85.0 Å². The third-order valence-corrected chi connectivity index (χ3v) is 5.35. The summed E-state index contributed by atoms with van der Waals surface area (Å²) in [5.74, 6) is 0.685. The van der Waals surface area contributed by atoms with Crippen LogP contribution < -0.4 is 19.6 Å². The first-order valence-corrected chi connectivity index (χ1v) is 11.9. The summed E-state index contributed by atoms with van der Waals surface area (Å²) in [6.45, 7) is 8.15. The minimum absolute atomic E-state index is 0.162. The summed E-state index contributed by atoms with van der Waals surface area (Å²) < 4.78 is 16.8. The van der Waals surface area contributed by atoms with Gasteiger partial charge in [0.25, 0.3) is 5.91 Å². The minimum Gasteiger partial charge on any atom is -0.490 e. The molecule has 0 aliphatic carbocycles. The van der Waals surface area contributed by atoms with Crippen molar-refractivity contribution in [1.29, 1.82) is 0 Å². The topological polar surface area (TPSA) is 86.2 Å². The van der Waals surface area contributed by atoms with Gasteiger partial charge in [0.2, 0.25) is 0 Å². The van der Waals surface area contributed by atoms with E-state index in [1.807, 2.05) is 32.0 Å². The van der Waals surface area contributed by atoms with Crippen LogP contribution in [0.5, 0.6) is 17.2 Å². The fraction of sp³-hybridized carbons (Fsp3) is 0.250. The number of carbonyl (C=O) groups excluding carboxylic acids is 2. The number of rotatable bonds is 10. The van der Waals surface area contributed by atoms with Gasteiger partial charge in [-0.2, -0.15) is 5.10 Å². The molecule has 0 saturated carbocycles. The molecule has 1 amide bonds. The molecule has 0 heterocycles. The summed E-state index contributed by atoms with van der Waals surface area (Å²) in [5.41, 5.74) is 5.56. The number of benzene rings is 3. The molecule has 0 aliphatic rings. The molecular formula is C28H29ClN2O5. The Morgan fingerprint density at radius 3 is 2.42 bits per heavy atom. The average molecular weight is 509 g/mol. The molecule has 0 fully saturated rings. The fourth-order valence-electron chi connectivity index (χ4n) is 3.30. The van der Waals surface area contributed by atoms with E-state index in [2.05, 4.69) is 24.4 Å². The minimum atomic E-state index is -0.532. The van der Waals surface area contributed by atoms with E-state index in [4.69, 9.17) is 25.8 Å². The average Bonchev–Trinajstić information content (AvgIpc) is 2.84. The number of hydrazone groups is 1. The molecule has 1 N–H and O–H groups in total. The van der Waals surface area contributed by atoms with Gasteiger partial charge in [-0.1, -0.05) is 37.6 Å². The van der Waals surface area contributed by atoms with Crippen molar-refractivity contribution in [3.63, 3.8) is 0 Å². The highest BCUT2D eigenvalue weighted by molar-refractivity contribution is 6.30. The molecule has 3 aromatic rings. The van der Waals surface area contributed by atoms with Crippen molar-refractivity contribution in [2.45, 2.75) is 33.6 Å². The van der Waals surface area contributed by atoms with Crippen molar-refractivity contribution < 1.29 is 23.8 Å². The number of hydrogen-bond donors (Lipinski definition) is 1. The highest BCUT2D eigenvalue weighted by Gasteiger charge is 2.14. The number of esters is 1. The van der Waals surface area contributed by atoms with Crippen LogP contribution in [0.2, 0.25) is 5.02 Å². The molecule has 36 heavy (non-hydrogen) atoms. The maximum Gasteiger partial charge on any atom is 0.343 e. The van der Waals surface area contributed by atoms with Gasteiger partial charge < -0.3 is 14.2 Å². The van der Waals surface area contributed by atoms with E-state index in [9.17, 15) is 9.59 Å². The molecule has 0 atom stereocenters. The summed E-state index contributed by atoms with van der Waals surface area (Å²) in [5, 5.41) is 4.52. The summed E-state index contributed by atoms with van der Waals surface area (Å²) in [4.78, 5) is 24.7. The number of carbonyl (C=O) groups is 2. The van der Waals surface area contributed by atoms with E-state index < -0.39 is 5.97 Å². The van der Waals surface area contributed by atoms with E-state index in [1.54, 1.807) is 42.5 Å². The lowest BCUT2D eigenvalue weighted by molar-refractivity contribution is -0.123. The standard InChI is InChI=1S/C28H29ClN2O5/c1-5-34-26-15-20(7-13-24(26)36-28(33)21-8-10-22(29)11-9-21)16-30-31-27(32)17-35-25-14-19(4)6-12-23(25)18(2)3/h6-16,18H,5,17H2,1-4H3,(H,31,32). The molecule has 0 aliphatic heterocycles. The molecule has 8 heteroatoms. The maximum atomic E-state index is 12.4. The molecule has 7 nitrogen and oxygen atoms in total. The first kappa shape index (κ1) is 26.8. The zero-order valence-corrected chi connectivity index (χ0v) is 21.5. The van der Waals surface area contributed by atoms with E-state index >= 15 is 0 Å². The number of aryl methyl sites for hydroxylation is 1. The second-order valence-corrected chi connectivity index (χ2v) is 8.75. The first-order valence-electron chi connectivity index (χ1n) is 11.6. The van der Waals surface area contributed by atoms with Crippen molar-refractivity contribution in [3.8, 4) is 17.2 Å². The van der Waals surface area contributed by atoms with E-state index in [-0.39, 0.29) is 24.2 Å². The summed E-state index contributed by atoms with van der Waals surface area (Å²) in [6.07, 6.45) is 1.47. The van der Waals surface area contributed by atoms with Gasteiger partial charge in [-0.3, -0.25) is 4.79 Å². The third kappa shape index (κ3) is 7.58. The van der Waals surface area contributed by atoms with Crippen LogP contribution in [0.15, 0.2) is 65.8 Å². The van der Waals surface area contributed by atoms with Gasteiger partial charge in [-0.25, -0.2) is 10.2 Å². The number of nitrogens with zero attached hydrogens (tertiary/aromatic N) is 1. The predicted molar refractivity (Wildman–Crippen MR) is 141 cm³/mol. The van der Waals surface area contributed by atoms with Crippen molar-refractivity contribution in [2.75, 3.05) is 13.2 Å². The summed E-state index contributed by atoms with van der Waals surface area (Å²) >= 11 is 5.87. The molecule has 0 spiro atoms. The third-order valence-electron chi connectivity index (χ3n) is 5.10. The van der Waals surface area contributed by atoms with Crippen molar-refractivity contribution in [1.82, 2.24) is 5.43 Å². The zero-order valence-electron chi connectivity index (χ0n) is 20.7. The first-order chi connectivity index (χ1) is 17.3. The Morgan fingerprint density at radius 2 is 1.72 bits per heavy atom. The molecule has 3 rings (SSSR count). The lowest BCUT2D eigenvalue weighted by Gasteiger charge is -2.14. The molecule has 0 saturated heterocycles. The Hall–Kier alpha value is -3.84. The Bertz CT molecular complexity index is 1240. The van der Waals surface area contributed by atoms with Crippen LogP contribution in [0.4, 0.5) is 0 Å². The van der Waals surface area contributed by atoms with Crippen LogP contribution in [-0.2, 0) is 4.79 Å². The molecule has 0 unspecified atom stereocenters. The van der Waals surface area contributed by atoms with Gasteiger partial charge >= 0.3 is 5.97 Å². The number of nitrogens with one attached hydrogen (secondary N) is 1. The maximum absolute atomic E-state index is 12.4. The van der Waals surface area contributed by atoms with Gasteiger partial charge in [-0.15, -0.1) is 0 Å². The van der Waals surface area contributed by atoms with Crippen LogP contribution >= 0.6 is 11.6 Å². The van der Waals surface area contributed by atoms with Gasteiger partial charge in [0.05, 0.1) is 18.4 Å². The lowest BCUT2D eigenvalue weighted by Crippen LogP contribution is -2.25. The fourth-order valence-corrected chi connectivity index (χ4v) is 3.43. The zero-order chi connectivity index (χ0) is 26.1. The molecule has 188 valence electrons.